The number of rotatable bonds is 6. The topological polar surface area (TPSA) is 50.3 Å². The molecule has 2 aromatic carbocycles. The lowest BCUT2D eigenvalue weighted by Gasteiger charge is -2.15. The van der Waals surface area contributed by atoms with Crippen LogP contribution in [0.5, 0.6) is 11.5 Å². The van der Waals surface area contributed by atoms with Crippen molar-refractivity contribution in [3.63, 3.8) is 0 Å². The summed E-state index contributed by atoms with van der Waals surface area (Å²) in [5.74, 6) is 2.96. The van der Waals surface area contributed by atoms with Gasteiger partial charge in [-0.25, -0.2) is 4.98 Å². The van der Waals surface area contributed by atoms with Crippen molar-refractivity contribution < 1.29 is 4.74 Å². The van der Waals surface area contributed by atoms with Gasteiger partial charge in [0, 0.05) is 37.4 Å². The van der Waals surface area contributed by atoms with E-state index >= 15 is 0 Å². The first-order chi connectivity index (χ1) is 12.9. The van der Waals surface area contributed by atoms with Gasteiger partial charge in [0.1, 0.15) is 17.3 Å². The van der Waals surface area contributed by atoms with Crippen LogP contribution in [0.15, 0.2) is 48.7 Å². The van der Waals surface area contributed by atoms with E-state index in [2.05, 4.69) is 35.2 Å². The van der Waals surface area contributed by atoms with Gasteiger partial charge in [-0.15, -0.1) is 0 Å². The number of anilines is 2. The highest BCUT2D eigenvalue weighted by atomic mass is 35.5. The van der Waals surface area contributed by atoms with Crippen LogP contribution in [0.25, 0.3) is 0 Å². The van der Waals surface area contributed by atoms with Gasteiger partial charge in [0.05, 0.1) is 0 Å². The first-order valence-corrected chi connectivity index (χ1v) is 9.08. The molecule has 3 rings (SSSR count). The molecule has 1 aromatic heterocycles. The zero-order valence-electron chi connectivity index (χ0n) is 16.0. The largest absolute Gasteiger partial charge is 0.457 e. The quantitative estimate of drug-likeness (QED) is 0.633. The lowest BCUT2D eigenvalue weighted by atomic mass is 10.1. The molecule has 0 aliphatic carbocycles. The van der Waals surface area contributed by atoms with Gasteiger partial charge in [-0.1, -0.05) is 17.7 Å². The molecule has 5 nitrogen and oxygen atoms in total. The molecule has 0 spiro atoms. The van der Waals surface area contributed by atoms with Crippen molar-refractivity contribution in [1.29, 1.82) is 0 Å². The van der Waals surface area contributed by atoms with E-state index < -0.39 is 0 Å². The molecule has 0 atom stereocenters. The molecule has 0 bridgehead atoms. The van der Waals surface area contributed by atoms with E-state index in [9.17, 15) is 0 Å². The predicted octanol–water partition coefficient (Wildman–Crippen LogP) is 5.22. The molecule has 0 fully saturated rings. The summed E-state index contributed by atoms with van der Waals surface area (Å²) in [6.07, 6.45) is 1.73. The van der Waals surface area contributed by atoms with Crippen molar-refractivity contribution in [3.8, 4) is 11.5 Å². The minimum Gasteiger partial charge on any atom is -0.457 e. The van der Waals surface area contributed by atoms with Crippen LogP contribution in [0.3, 0.4) is 0 Å². The normalized spacial score (nSPS) is 10.6. The second kappa shape index (κ2) is 8.27. The number of aromatic nitrogens is 2. The molecule has 0 aliphatic rings. The molecule has 27 heavy (non-hydrogen) atoms. The standard InChI is InChI=1S/C21H23ClN4O/c1-14-5-7-18(11-15(14)2)27-19-8-6-17(22)12-16(19)13-24-20-9-10-23-21(25-20)26(3)4/h5-12H,13H2,1-4H3,(H,23,24,25). The number of halogens is 1. The van der Waals surface area contributed by atoms with Crippen LogP contribution in [0.1, 0.15) is 16.7 Å². The second-order valence-corrected chi connectivity index (χ2v) is 7.03. The van der Waals surface area contributed by atoms with E-state index in [1.54, 1.807) is 6.20 Å². The SMILES string of the molecule is Cc1ccc(Oc2ccc(Cl)cc2CNc2ccnc(N(C)C)n2)cc1C. The molecule has 0 saturated carbocycles. The minimum absolute atomic E-state index is 0.532. The van der Waals surface area contributed by atoms with Gasteiger partial charge in [0.25, 0.3) is 0 Å². The maximum Gasteiger partial charge on any atom is 0.226 e. The molecule has 0 amide bonds. The van der Waals surface area contributed by atoms with E-state index in [1.807, 2.05) is 55.4 Å². The predicted molar refractivity (Wildman–Crippen MR) is 111 cm³/mol. The fourth-order valence-electron chi connectivity index (χ4n) is 2.54. The van der Waals surface area contributed by atoms with Gasteiger partial charge in [0.2, 0.25) is 5.95 Å². The monoisotopic (exact) mass is 382 g/mol. The van der Waals surface area contributed by atoms with Crippen LogP contribution in [0.2, 0.25) is 5.02 Å². The molecule has 140 valence electrons. The van der Waals surface area contributed by atoms with Gasteiger partial charge in [0.15, 0.2) is 0 Å². The van der Waals surface area contributed by atoms with Crippen LogP contribution in [0.4, 0.5) is 11.8 Å². The average molecular weight is 383 g/mol. The summed E-state index contributed by atoms with van der Waals surface area (Å²) >= 11 is 6.20. The maximum absolute atomic E-state index is 6.20. The van der Waals surface area contributed by atoms with Gasteiger partial charge in [-0.2, -0.15) is 4.98 Å². The summed E-state index contributed by atoms with van der Waals surface area (Å²) in [6.45, 7) is 4.69. The fraction of sp³-hybridized carbons (Fsp3) is 0.238. The van der Waals surface area contributed by atoms with Crippen molar-refractivity contribution in [2.45, 2.75) is 20.4 Å². The molecule has 0 aliphatic heterocycles. The zero-order chi connectivity index (χ0) is 19.4. The maximum atomic E-state index is 6.20. The van der Waals surface area contributed by atoms with Crippen molar-refractivity contribution in [3.05, 3.63) is 70.4 Å². The van der Waals surface area contributed by atoms with Crippen LogP contribution < -0.4 is 15.0 Å². The van der Waals surface area contributed by atoms with Gasteiger partial charge < -0.3 is 15.0 Å². The lowest BCUT2D eigenvalue weighted by molar-refractivity contribution is 0.476. The third-order valence-electron chi connectivity index (χ3n) is 4.23. The third kappa shape index (κ3) is 4.89. The van der Waals surface area contributed by atoms with E-state index in [0.717, 1.165) is 22.9 Å². The smallest absolute Gasteiger partial charge is 0.226 e. The van der Waals surface area contributed by atoms with Crippen molar-refractivity contribution in [2.24, 2.45) is 0 Å². The summed E-state index contributed by atoms with van der Waals surface area (Å²) < 4.78 is 6.11. The summed E-state index contributed by atoms with van der Waals surface area (Å²) in [7, 11) is 3.82. The number of aryl methyl sites for hydroxylation is 2. The Morgan fingerprint density at radius 1 is 1.04 bits per heavy atom. The Morgan fingerprint density at radius 3 is 2.59 bits per heavy atom. The van der Waals surface area contributed by atoms with Gasteiger partial charge in [-0.3, -0.25) is 0 Å². The molecule has 1 heterocycles. The first-order valence-electron chi connectivity index (χ1n) is 8.70. The lowest BCUT2D eigenvalue weighted by Crippen LogP contribution is -2.13. The zero-order valence-corrected chi connectivity index (χ0v) is 16.7. The summed E-state index contributed by atoms with van der Waals surface area (Å²) in [5.41, 5.74) is 3.38. The number of hydrogen-bond donors (Lipinski definition) is 1. The Hall–Kier alpha value is -2.79. The summed E-state index contributed by atoms with van der Waals surface area (Å²) in [5, 5.41) is 3.98. The fourth-order valence-corrected chi connectivity index (χ4v) is 2.73. The number of nitrogens with zero attached hydrogens (tertiary/aromatic N) is 3. The van der Waals surface area contributed by atoms with Crippen LogP contribution >= 0.6 is 11.6 Å². The van der Waals surface area contributed by atoms with Crippen LogP contribution in [-0.4, -0.2) is 24.1 Å². The average Bonchev–Trinajstić information content (AvgIpc) is 2.65. The van der Waals surface area contributed by atoms with E-state index in [0.29, 0.717) is 17.5 Å². The highest BCUT2D eigenvalue weighted by molar-refractivity contribution is 6.30. The van der Waals surface area contributed by atoms with Crippen molar-refractivity contribution in [2.75, 3.05) is 24.3 Å². The van der Waals surface area contributed by atoms with Gasteiger partial charge >= 0.3 is 0 Å². The highest BCUT2D eigenvalue weighted by Crippen LogP contribution is 2.29. The highest BCUT2D eigenvalue weighted by Gasteiger charge is 2.08. The number of ether oxygens (including phenoxy) is 1. The molecule has 6 heteroatoms. The molecule has 1 N–H and O–H groups in total. The third-order valence-corrected chi connectivity index (χ3v) is 4.47. The molecule has 0 radical (unpaired) electrons. The first kappa shape index (κ1) is 19.0. The Bertz CT molecular complexity index is 943. The Balaban J connectivity index is 1.79. The Morgan fingerprint density at radius 2 is 1.85 bits per heavy atom. The van der Waals surface area contributed by atoms with E-state index in [4.69, 9.17) is 16.3 Å². The number of benzene rings is 2. The number of hydrogen-bond acceptors (Lipinski definition) is 5. The molecule has 3 aromatic rings. The minimum atomic E-state index is 0.532. The molecule has 0 unspecified atom stereocenters. The van der Waals surface area contributed by atoms with E-state index in [1.165, 1.54) is 11.1 Å². The second-order valence-electron chi connectivity index (χ2n) is 6.59. The van der Waals surface area contributed by atoms with Crippen LogP contribution in [-0.2, 0) is 6.54 Å². The van der Waals surface area contributed by atoms with Gasteiger partial charge in [-0.05, 0) is 61.4 Å². The Kier molecular flexibility index (Phi) is 5.81. The molecule has 0 saturated heterocycles. The summed E-state index contributed by atoms with van der Waals surface area (Å²) in [4.78, 5) is 10.6. The van der Waals surface area contributed by atoms with Crippen LogP contribution in [0, 0.1) is 13.8 Å². The Labute approximate surface area is 165 Å². The summed E-state index contributed by atoms with van der Waals surface area (Å²) in [6, 6.07) is 13.5. The molecular weight excluding hydrogens is 360 g/mol. The van der Waals surface area contributed by atoms with Crippen molar-refractivity contribution >= 4 is 23.4 Å². The van der Waals surface area contributed by atoms with Crippen molar-refractivity contribution in [1.82, 2.24) is 9.97 Å². The molecular formula is C21H23ClN4O. The number of nitrogens with one attached hydrogen (secondary N) is 1. The van der Waals surface area contributed by atoms with E-state index in [-0.39, 0.29) is 0 Å².